The normalized spacial score (nSPS) is 14.0. The van der Waals surface area contributed by atoms with E-state index in [9.17, 15) is 31.1 Å². The Kier molecular flexibility index (Phi) is 7.35. The molecule has 0 unspecified atom stereocenters. The highest BCUT2D eigenvalue weighted by Gasteiger charge is 2.37. The molecule has 16 heteroatoms. The Hall–Kier alpha value is -4.24. The van der Waals surface area contributed by atoms with Gasteiger partial charge in [-0.05, 0) is 60.7 Å². The predicted octanol–water partition coefficient (Wildman–Crippen LogP) is 4.81. The SMILES string of the molecule is CC(=O)N(CC1CC1)c1nc2c(cc1CN(Cc1cc(C(F)(F)F)cc(C(F)(F)F)c1)c1nnn(C)n1)c(C)nn2C. The van der Waals surface area contributed by atoms with Crippen LogP contribution in [0.5, 0.6) is 0 Å². The highest BCUT2D eigenvalue weighted by molar-refractivity contribution is 5.93. The van der Waals surface area contributed by atoms with Gasteiger partial charge in [0.2, 0.25) is 5.91 Å². The summed E-state index contributed by atoms with van der Waals surface area (Å²) in [6.45, 7) is 3.08. The molecule has 1 aromatic carbocycles. The van der Waals surface area contributed by atoms with Crippen molar-refractivity contribution in [2.24, 2.45) is 20.0 Å². The van der Waals surface area contributed by atoms with Crippen molar-refractivity contribution in [2.45, 2.75) is 52.1 Å². The molecular formula is C26H27F6N9O. The van der Waals surface area contributed by atoms with Crippen LogP contribution in [0, 0.1) is 12.8 Å². The lowest BCUT2D eigenvalue weighted by Gasteiger charge is -2.27. The zero-order valence-corrected chi connectivity index (χ0v) is 23.1. The van der Waals surface area contributed by atoms with Crippen LogP contribution in [0.2, 0.25) is 0 Å². The molecule has 5 rings (SSSR count). The number of nitrogens with zero attached hydrogens (tertiary/aromatic N) is 9. The second kappa shape index (κ2) is 10.5. The Bertz CT molecular complexity index is 1610. The topological polar surface area (TPSA) is 97.9 Å². The maximum absolute atomic E-state index is 13.6. The van der Waals surface area contributed by atoms with E-state index in [0.717, 1.165) is 17.6 Å². The van der Waals surface area contributed by atoms with Crippen molar-refractivity contribution in [3.05, 3.63) is 52.2 Å². The monoisotopic (exact) mass is 595 g/mol. The van der Waals surface area contributed by atoms with Crippen molar-refractivity contribution in [2.75, 3.05) is 16.3 Å². The zero-order valence-electron chi connectivity index (χ0n) is 23.1. The summed E-state index contributed by atoms with van der Waals surface area (Å²) in [5, 5.41) is 17.0. The molecule has 1 amide bonds. The Morgan fingerprint density at radius 1 is 0.976 bits per heavy atom. The van der Waals surface area contributed by atoms with Crippen molar-refractivity contribution in [3.8, 4) is 0 Å². The Morgan fingerprint density at radius 2 is 1.62 bits per heavy atom. The second-order valence-electron chi connectivity index (χ2n) is 10.5. The average molecular weight is 596 g/mol. The maximum atomic E-state index is 13.6. The summed E-state index contributed by atoms with van der Waals surface area (Å²) in [7, 11) is 3.19. The van der Waals surface area contributed by atoms with Crippen LogP contribution in [0.25, 0.3) is 11.0 Å². The molecule has 0 N–H and O–H groups in total. The van der Waals surface area contributed by atoms with E-state index in [0.29, 0.717) is 52.7 Å². The van der Waals surface area contributed by atoms with Gasteiger partial charge in [-0.3, -0.25) is 14.4 Å². The lowest BCUT2D eigenvalue weighted by atomic mass is 10.0. The van der Waals surface area contributed by atoms with Gasteiger partial charge in [-0.15, -0.1) is 5.10 Å². The molecule has 3 heterocycles. The molecule has 0 bridgehead atoms. The minimum atomic E-state index is -5.00. The van der Waals surface area contributed by atoms with Crippen LogP contribution in [-0.4, -0.2) is 47.4 Å². The standard InChI is InChI=1S/C26H27F6N9O/c1-14-21-9-18(22(33-23(21)38(3)35-14)41(15(2)42)12-16-5-6-16)13-40(24-34-37-39(4)36-24)11-17-7-19(25(27,28)29)10-20(8-17)26(30,31)32/h7-10,16H,5-6,11-13H2,1-4H3. The third kappa shape index (κ3) is 6.16. The van der Waals surface area contributed by atoms with Crippen LogP contribution in [0.3, 0.4) is 0 Å². The molecule has 0 radical (unpaired) electrons. The Balaban J connectivity index is 1.63. The van der Waals surface area contributed by atoms with Gasteiger partial charge in [0, 0.05) is 38.0 Å². The molecule has 10 nitrogen and oxygen atoms in total. The van der Waals surface area contributed by atoms with Crippen LogP contribution in [0.4, 0.5) is 38.1 Å². The number of pyridine rings is 1. The first-order valence-corrected chi connectivity index (χ1v) is 13.0. The summed E-state index contributed by atoms with van der Waals surface area (Å²) in [6.07, 6.45) is -8.09. The van der Waals surface area contributed by atoms with Gasteiger partial charge in [-0.25, -0.2) is 4.98 Å². The van der Waals surface area contributed by atoms with E-state index in [1.165, 1.54) is 18.9 Å². The minimum absolute atomic E-state index is 0.0333. The van der Waals surface area contributed by atoms with E-state index >= 15 is 0 Å². The number of rotatable bonds is 8. The van der Waals surface area contributed by atoms with Gasteiger partial charge in [-0.1, -0.05) is 5.10 Å². The molecule has 4 aromatic rings. The predicted molar refractivity (Wildman–Crippen MR) is 139 cm³/mol. The average Bonchev–Trinajstić information content (AvgIpc) is 3.54. The quantitative estimate of drug-likeness (QED) is 0.270. The van der Waals surface area contributed by atoms with Crippen LogP contribution in [0.1, 0.15) is 47.7 Å². The van der Waals surface area contributed by atoms with Crippen molar-refractivity contribution < 1.29 is 31.1 Å². The van der Waals surface area contributed by atoms with Crippen molar-refractivity contribution in [1.29, 1.82) is 0 Å². The van der Waals surface area contributed by atoms with E-state index in [4.69, 9.17) is 4.98 Å². The number of amides is 1. The summed E-state index contributed by atoms with van der Waals surface area (Å²) in [4.78, 5) is 21.6. The van der Waals surface area contributed by atoms with Gasteiger partial charge in [0.15, 0.2) is 5.65 Å². The number of aromatic nitrogens is 7. The van der Waals surface area contributed by atoms with Gasteiger partial charge < -0.3 is 4.90 Å². The number of alkyl halides is 6. The molecule has 42 heavy (non-hydrogen) atoms. The van der Waals surface area contributed by atoms with Crippen LogP contribution in [-0.2, 0) is 44.3 Å². The number of tetrazole rings is 1. The number of carbonyl (C=O) groups excluding carboxylic acids is 1. The molecule has 1 aliphatic rings. The molecule has 0 aliphatic heterocycles. The number of anilines is 2. The highest BCUT2D eigenvalue weighted by atomic mass is 19.4. The summed E-state index contributed by atoms with van der Waals surface area (Å²) < 4.78 is 83.1. The molecule has 1 saturated carbocycles. The van der Waals surface area contributed by atoms with Crippen LogP contribution in [0.15, 0.2) is 24.3 Å². The van der Waals surface area contributed by atoms with Gasteiger partial charge in [-0.2, -0.15) is 36.2 Å². The van der Waals surface area contributed by atoms with Crippen molar-refractivity contribution in [3.63, 3.8) is 0 Å². The van der Waals surface area contributed by atoms with Crippen LogP contribution < -0.4 is 9.80 Å². The lowest BCUT2D eigenvalue weighted by Crippen LogP contribution is -2.34. The second-order valence-corrected chi connectivity index (χ2v) is 10.5. The minimum Gasteiger partial charge on any atom is -0.329 e. The summed E-state index contributed by atoms with van der Waals surface area (Å²) in [5.41, 5.74) is -1.46. The number of halogens is 6. The first-order chi connectivity index (χ1) is 19.6. The molecule has 224 valence electrons. The number of aryl methyl sites for hydroxylation is 3. The Morgan fingerprint density at radius 3 is 2.14 bits per heavy atom. The first-order valence-electron chi connectivity index (χ1n) is 13.0. The third-order valence-electron chi connectivity index (χ3n) is 6.99. The van der Waals surface area contributed by atoms with Gasteiger partial charge in [0.05, 0.1) is 30.4 Å². The van der Waals surface area contributed by atoms with Gasteiger partial charge in [0.25, 0.3) is 5.95 Å². The zero-order chi connectivity index (χ0) is 30.6. The molecule has 1 fully saturated rings. The smallest absolute Gasteiger partial charge is 0.329 e. The van der Waals surface area contributed by atoms with E-state index in [2.05, 4.69) is 20.5 Å². The number of benzene rings is 1. The third-order valence-corrected chi connectivity index (χ3v) is 6.99. The summed E-state index contributed by atoms with van der Waals surface area (Å²) in [5.74, 6) is 0.328. The molecule has 3 aromatic heterocycles. The molecule has 0 spiro atoms. The molecule has 0 saturated heterocycles. The number of hydrogen-bond donors (Lipinski definition) is 0. The molecule has 0 atom stereocenters. The fraction of sp³-hybridized carbons (Fsp3) is 0.462. The van der Waals surface area contributed by atoms with Crippen LogP contribution >= 0.6 is 0 Å². The van der Waals surface area contributed by atoms with Gasteiger partial charge >= 0.3 is 12.4 Å². The lowest BCUT2D eigenvalue weighted by molar-refractivity contribution is -0.143. The maximum Gasteiger partial charge on any atom is 0.416 e. The number of fused-ring (bicyclic) bond motifs is 1. The first kappa shape index (κ1) is 29.3. The number of carbonyl (C=O) groups is 1. The van der Waals surface area contributed by atoms with E-state index in [1.54, 1.807) is 29.6 Å². The van der Waals surface area contributed by atoms with E-state index < -0.39 is 30.0 Å². The largest absolute Gasteiger partial charge is 0.416 e. The fourth-order valence-corrected chi connectivity index (χ4v) is 4.78. The van der Waals surface area contributed by atoms with Crippen molar-refractivity contribution in [1.82, 2.24) is 35.0 Å². The Labute approximate surface area is 235 Å². The molecule has 1 aliphatic carbocycles. The van der Waals surface area contributed by atoms with E-state index in [-0.39, 0.29) is 30.0 Å². The van der Waals surface area contributed by atoms with Crippen molar-refractivity contribution >= 4 is 28.7 Å². The molecular weight excluding hydrogens is 568 g/mol. The fourth-order valence-electron chi connectivity index (χ4n) is 4.78. The number of hydrogen-bond acceptors (Lipinski definition) is 7. The van der Waals surface area contributed by atoms with E-state index in [1.807, 2.05) is 0 Å². The highest BCUT2D eigenvalue weighted by Crippen LogP contribution is 2.38. The summed E-state index contributed by atoms with van der Waals surface area (Å²) >= 11 is 0. The summed E-state index contributed by atoms with van der Waals surface area (Å²) in [6, 6.07) is 3.19. The van der Waals surface area contributed by atoms with Gasteiger partial charge in [0.1, 0.15) is 5.82 Å².